The second kappa shape index (κ2) is 10.8. The van der Waals surface area contributed by atoms with Crippen molar-refractivity contribution in [2.75, 3.05) is 18.1 Å². The van der Waals surface area contributed by atoms with Crippen molar-refractivity contribution in [2.45, 2.75) is 24.1 Å². The lowest BCUT2D eigenvalue weighted by Gasteiger charge is -2.49. The number of nitrogens with two attached hydrogens (primary N) is 2. The molecule has 6 N–H and O–H groups in total. The van der Waals surface area contributed by atoms with Crippen LogP contribution >= 0.6 is 23.3 Å². The number of thioether (sulfide) groups is 1. The number of oxime groups is 1. The number of nitrogens with one attached hydrogen (secondary N) is 1. The molecule has 1 unspecified atom stereocenters. The van der Waals surface area contributed by atoms with Gasteiger partial charge in [-0.25, -0.2) is 9.36 Å². The molecule has 39 heavy (non-hydrogen) atoms. The maximum atomic E-state index is 12.9. The highest BCUT2D eigenvalue weighted by atomic mass is 32.2. The van der Waals surface area contributed by atoms with Gasteiger partial charge in [0.1, 0.15) is 17.1 Å². The molecule has 206 valence electrons. The van der Waals surface area contributed by atoms with Crippen LogP contribution in [-0.2, 0) is 25.8 Å². The number of aromatic nitrogens is 3. The first-order valence-corrected chi connectivity index (χ1v) is 12.5. The van der Waals surface area contributed by atoms with Gasteiger partial charge in [0.2, 0.25) is 24.1 Å². The lowest BCUT2D eigenvalue weighted by atomic mass is 10.0. The number of carbonyl (C=O) groups is 4. The molecule has 14 nitrogen and oxygen atoms in total. The van der Waals surface area contributed by atoms with Crippen LogP contribution in [0.1, 0.15) is 16.2 Å². The molecule has 2 atom stereocenters. The van der Waals surface area contributed by atoms with Gasteiger partial charge in [-0.15, -0.1) is 11.8 Å². The number of anilines is 1. The van der Waals surface area contributed by atoms with Crippen molar-refractivity contribution >= 4 is 57.8 Å². The van der Waals surface area contributed by atoms with Crippen molar-refractivity contribution in [3.63, 3.8) is 0 Å². The van der Waals surface area contributed by atoms with E-state index in [4.69, 9.17) is 11.5 Å². The van der Waals surface area contributed by atoms with Gasteiger partial charge in [-0.1, -0.05) is 5.16 Å². The summed E-state index contributed by atoms with van der Waals surface area (Å²) in [5, 5.41) is 14.5. The van der Waals surface area contributed by atoms with E-state index in [2.05, 4.69) is 24.7 Å². The largest absolute Gasteiger partial charge is 0.477 e. The fourth-order valence-electron chi connectivity index (χ4n) is 3.65. The summed E-state index contributed by atoms with van der Waals surface area (Å²) >= 11 is 1.82. The van der Waals surface area contributed by atoms with Crippen LogP contribution in [0.25, 0.3) is 0 Å². The Labute approximate surface area is 224 Å². The van der Waals surface area contributed by atoms with E-state index in [1.807, 2.05) is 0 Å². The maximum Gasteiger partial charge on any atom is 0.425 e. The van der Waals surface area contributed by atoms with Gasteiger partial charge >= 0.3 is 12.1 Å². The molecule has 2 aromatic rings. The Hall–Kier alpha value is -4.26. The van der Waals surface area contributed by atoms with Crippen LogP contribution < -0.4 is 21.4 Å². The number of hydrogen-bond acceptors (Lipinski definition) is 11. The SMILES string of the molecule is NC(=O)c1cc[n+](CC2=C(C(=O)O)N3C(=O)C(NC(=O)C(=NOCC(F)(F)F)c4nsc(N)n4)[C@@H]3SC2)cc1. The van der Waals surface area contributed by atoms with Gasteiger partial charge in [0.25, 0.3) is 11.8 Å². The van der Waals surface area contributed by atoms with Crippen LogP contribution in [0.2, 0.25) is 0 Å². The van der Waals surface area contributed by atoms with Crippen LogP contribution in [0.4, 0.5) is 18.3 Å². The molecule has 3 amide bonds. The van der Waals surface area contributed by atoms with Crippen molar-refractivity contribution in [2.24, 2.45) is 10.9 Å². The summed E-state index contributed by atoms with van der Waals surface area (Å²) in [5.41, 5.74) is 10.3. The first-order chi connectivity index (χ1) is 18.4. The topological polar surface area (TPSA) is 207 Å². The number of amides is 3. The second-order valence-electron chi connectivity index (χ2n) is 8.03. The molecule has 4 heterocycles. The zero-order chi connectivity index (χ0) is 28.5. The number of halogens is 3. The zero-order valence-electron chi connectivity index (χ0n) is 19.4. The van der Waals surface area contributed by atoms with E-state index in [0.717, 1.165) is 4.90 Å². The molecule has 0 bridgehead atoms. The normalized spacial score (nSPS) is 19.3. The Morgan fingerprint density at radius 2 is 2.00 bits per heavy atom. The molecular formula is C20H18F3N8O6S2+. The molecule has 2 aliphatic heterocycles. The minimum Gasteiger partial charge on any atom is -0.477 e. The Morgan fingerprint density at radius 3 is 2.56 bits per heavy atom. The van der Waals surface area contributed by atoms with Crippen molar-refractivity contribution in [3.05, 3.63) is 47.2 Å². The Bertz CT molecular complexity index is 1390. The lowest BCUT2D eigenvalue weighted by molar-refractivity contribution is -0.689. The molecule has 19 heteroatoms. The average molecular weight is 588 g/mol. The highest BCUT2D eigenvalue weighted by Crippen LogP contribution is 2.40. The number of alkyl halides is 3. The standard InChI is InChI=1S/C20H17F3N8O6S2/c21-20(22,23)7-37-28-10(14-27-19(25)39-29-14)15(33)26-11-16(34)31-12(18(35)36)9(6-38-17(11)31)5-30-3-1-8(2-4-30)13(24)32/h1-4,11,17H,5-7H2,(H5-,24,25,26,27,29,32,33,35,36)/p+1/t11?,17-/m0/s1. The van der Waals surface area contributed by atoms with Gasteiger partial charge in [-0.05, 0) is 0 Å². The predicted octanol–water partition coefficient (Wildman–Crippen LogP) is -0.771. The number of hydrogen-bond donors (Lipinski definition) is 4. The number of carboxylic acids is 1. The number of aliphatic carboxylic acids is 1. The number of β-lactam (4-membered cyclic amide) rings is 1. The fourth-order valence-corrected chi connectivity index (χ4v) is 5.42. The summed E-state index contributed by atoms with van der Waals surface area (Å²) in [5.74, 6) is -4.11. The van der Waals surface area contributed by atoms with Crippen LogP contribution in [0.5, 0.6) is 0 Å². The zero-order valence-corrected chi connectivity index (χ0v) is 21.0. The van der Waals surface area contributed by atoms with Crippen LogP contribution in [0.3, 0.4) is 0 Å². The van der Waals surface area contributed by atoms with Gasteiger partial charge in [-0.2, -0.15) is 22.5 Å². The van der Waals surface area contributed by atoms with Crippen molar-refractivity contribution < 1.29 is 46.9 Å². The van der Waals surface area contributed by atoms with E-state index in [-0.39, 0.29) is 28.7 Å². The van der Waals surface area contributed by atoms with Gasteiger partial charge in [0.05, 0.1) is 5.56 Å². The number of nitrogens with zero attached hydrogens (tertiary/aromatic N) is 5. The highest BCUT2D eigenvalue weighted by Gasteiger charge is 2.55. The number of rotatable bonds is 9. The predicted molar refractivity (Wildman–Crippen MR) is 128 cm³/mol. The van der Waals surface area contributed by atoms with Crippen molar-refractivity contribution in [3.8, 4) is 0 Å². The second-order valence-corrected chi connectivity index (χ2v) is 9.91. The molecule has 2 aromatic heterocycles. The molecule has 0 aliphatic carbocycles. The minimum absolute atomic E-state index is 0.0888. The highest BCUT2D eigenvalue weighted by molar-refractivity contribution is 8.00. The number of primary amides is 1. The number of pyridine rings is 1. The fraction of sp³-hybridized carbons (Fsp3) is 0.300. The minimum atomic E-state index is -4.73. The van der Waals surface area contributed by atoms with Gasteiger partial charge in [0, 0.05) is 35.0 Å². The van der Waals surface area contributed by atoms with E-state index in [1.165, 1.54) is 36.3 Å². The van der Waals surface area contributed by atoms with E-state index in [1.54, 1.807) is 4.57 Å². The third-order valence-electron chi connectivity index (χ3n) is 5.34. The van der Waals surface area contributed by atoms with Gasteiger partial charge in [-0.3, -0.25) is 19.3 Å². The molecular weight excluding hydrogens is 569 g/mol. The summed E-state index contributed by atoms with van der Waals surface area (Å²) in [6, 6.07) is 1.71. The number of carboxylic acid groups (broad SMARTS) is 1. The summed E-state index contributed by atoms with van der Waals surface area (Å²) in [6.07, 6.45) is -1.67. The van der Waals surface area contributed by atoms with Gasteiger partial charge in [0.15, 0.2) is 24.1 Å². The summed E-state index contributed by atoms with van der Waals surface area (Å²) < 4.78 is 42.8. The number of nitrogen functional groups attached to an aromatic ring is 1. The third-order valence-corrected chi connectivity index (χ3v) is 7.22. The molecule has 1 fully saturated rings. The molecule has 1 saturated heterocycles. The van der Waals surface area contributed by atoms with E-state index in [9.17, 15) is 37.5 Å². The van der Waals surface area contributed by atoms with Crippen LogP contribution in [0, 0.1) is 0 Å². The molecule has 0 spiro atoms. The average Bonchev–Trinajstić information content (AvgIpc) is 3.29. The number of carbonyl (C=O) groups excluding carboxylic acids is 3. The maximum absolute atomic E-state index is 12.9. The molecule has 0 aromatic carbocycles. The summed E-state index contributed by atoms with van der Waals surface area (Å²) in [6.45, 7) is -1.71. The molecule has 0 saturated carbocycles. The monoisotopic (exact) mass is 587 g/mol. The Morgan fingerprint density at radius 1 is 1.31 bits per heavy atom. The molecule has 0 radical (unpaired) electrons. The van der Waals surface area contributed by atoms with E-state index in [0.29, 0.717) is 17.1 Å². The van der Waals surface area contributed by atoms with Gasteiger partial charge < -0.3 is 26.7 Å². The summed E-state index contributed by atoms with van der Waals surface area (Å²) in [4.78, 5) is 58.1. The Kier molecular flexibility index (Phi) is 7.72. The number of fused-ring (bicyclic) bond motifs is 1. The van der Waals surface area contributed by atoms with E-state index >= 15 is 0 Å². The first-order valence-electron chi connectivity index (χ1n) is 10.7. The summed E-state index contributed by atoms with van der Waals surface area (Å²) in [7, 11) is 0. The molecule has 2 aliphatic rings. The van der Waals surface area contributed by atoms with Crippen molar-refractivity contribution in [1.82, 2.24) is 19.6 Å². The van der Waals surface area contributed by atoms with E-state index < -0.39 is 59.4 Å². The quantitative estimate of drug-likeness (QED) is 0.125. The molecule has 4 rings (SSSR count). The smallest absolute Gasteiger partial charge is 0.425 e. The van der Waals surface area contributed by atoms with Crippen LogP contribution in [0.15, 0.2) is 41.0 Å². The first kappa shape index (κ1) is 27.8. The lowest BCUT2D eigenvalue weighted by Crippen LogP contribution is -2.71. The van der Waals surface area contributed by atoms with Crippen LogP contribution in [-0.4, -0.2) is 78.7 Å². The Balaban J connectivity index is 1.51. The third kappa shape index (κ3) is 6.08. The van der Waals surface area contributed by atoms with Crippen molar-refractivity contribution in [1.29, 1.82) is 0 Å².